The minimum absolute atomic E-state index is 0.240. The van der Waals surface area contributed by atoms with Gasteiger partial charge in [-0.2, -0.15) is 11.8 Å². The van der Waals surface area contributed by atoms with Crippen molar-refractivity contribution in [1.82, 2.24) is 10.6 Å². The van der Waals surface area contributed by atoms with E-state index in [1.54, 1.807) is 0 Å². The lowest BCUT2D eigenvalue weighted by Gasteiger charge is -2.26. The molecule has 2 fully saturated rings. The molecule has 22 heavy (non-hydrogen) atoms. The molecule has 0 bridgehead atoms. The standard InChI is InChI=1S/C17H24ClN3S/c1-19-16(21-15-6-3-9-22-11-15)20-12-17(7-8-17)13-4-2-5-14(18)10-13/h2,4-5,10,15H,3,6-9,11-12H2,1H3,(H2,19,20,21). The summed E-state index contributed by atoms with van der Waals surface area (Å²) in [5.41, 5.74) is 1.58. The first-order valence-corrected chi connectivity index (χ1v) is 9.56. The van der Waals surface area contributed by atoms with Crippen molar-refractivity contribution in [3.05, 3.63) is 34.9 Å². The maximum atomic E-state index is 6.14. The summed E-state index contributed by atoms with van der Waals surface area (Å²) in [7, 11) is 1.85. The number of hydrogen-bond donors (Lipinski definition) is 2. The number of hydrogen-bond acceptors (Lipinski definition) is 2. The van der Waals surface area contributed by atoms with Crippen molar-refractivity contribution in [2.24, 2.45) is 4.99 Å². The molecule has 1 heterocycles. The smallest absolute Gasteiger partial charge is 0.191 e. The number of benzene rings is 1. The molecule has 3 rings (SSSR count). The number of guanidine groups is 1. The van der Waals surface area contributed by atoms with Gasteiger partial charge in [-0.05, 0) is 49.1 Å². The molecule has 2 aliphatic rings. The van der Waals surface area contributed by atoms with Gasteiger partial charge in [0.15, 0.2) is 5.96 Å². The van der Waals surface area contributed by atoms with Gasteiger partial charge in [-0.3, -0.25) is 4.99 Å². The normalized spacial score (nSPS) is 23.9. The summed E-state index contributed by atoms with van der Waals surface area (Å²) in [5.74, 6) is 3.41. The van der Waals surface area contributed by atoms with E-state index in [0.717, 1.165) is 17.5 Å². The molecule has 0 aromatic heterocycles. The van der Waals surface area contributed by atoms with Gasteiger partial charge in [-0.25, -0.2) is 0 Å². The van der Waals surface area contributed by atoms with Crippen LogP contribution in [0.3, 0.4) is 0 Å². The molecule has 1 saturated heterocycles. The SMILES string of the molecule is CN=C(NCC1(c2cccc(Cl)c2)CC1)NC1CCCSC1. The highest BCUT2D eigenvalue weighted by Gasteiger charge is 2.44. The molecule has 1 atom stereocenters. The molecule has 3 nitrogen and oxygen atoms in total. The first-order valence-electron chi connectivity index (χ1n) is 8.03. The Bertz CT molecular complexity index is 536. The van der Waals surface area contributed by atoms with Gasteiger partial charge in [0.05, 0.1) is 0 Å². The van der Waals surface area contributed by atoms with Gasteiger partial charge in [-0.15, -0.1) is 0 Å². The third-order valence-corrected chi connectivity index (χ3v) is 6.06. The van der Waals surface area contributed by atoms with Crippen molar-refractivity contribution in [3.8, 4) is 0 Å². The number of nitrogens with one attached hydrogen (secondary N) is 2. The Labute approximate surface area is 142 Å². The summed E-state index contributed by atoms with van der Waals surface area (Å²) >= 11 is 8.17. The molecule has 1 aromatic carbocycles. The minimum Gasteiger partial charge on any atom is -0.356 e. The summed E-state index contributed by atoms with van der Waals surface area (Å²) in [5, 5.41) is 7.91. The van der Waals surface area contributed by atoms with E-state index in [9.17, 15) is 0 Å². The van der Waals surface area contributed by atoms with E-state index in [2.05, 4.69) is 27.8 Å². The highest BCUT2D eigenvalue weighted by atomic mass is 35.5. The van der Waals surface area contributed by atoms with Gasteiger partial charge in [0.2, 0.25) is 0 Å². The molecule has 1 unspecified atom stereocenters. The zero-order valence-electron chi connectivity index (χ0n) is 13.1. The largest absolute Gasteiger partial charge is 0.356 e. The van der Waals surface area contributed by atoms with E-state index in [4.69, 9.17) is 11.6 Å². The molecule has 0 amide bonds. The van der Waals surface area contributed by atoms with Crippen LogP contribution in [0.2, 0.25) is 5.02 Å². The van der Waals surface area contributed by atoms with E-state index >= 15 is 0 Å². The van der Waals surface area contributed by atoms with Crippen molar-refractivity contribution in [2.75, 3.05) is 25.1 Å². The van der Waals surface area contributed by atoms with E-state index in [-0.39, 0.29) is 5.41 Å². The monoisotopic (exact) mass is 337 g/mol. The maximum Gasteiger partial charge on any atom is 0.191 e. The summed E-state index contributed by atoms with van der Waals surface area (Å²) in [6.45, 7) is 0.923. The first-order chi connectivity index (χ1) is 10.7. The average Bonchev–Trinajstić information content (AvgIpc) is 3.34. The van der Waals surface area contributed by atoms with Crippen LogP contribution in [0.4, 0.5) is 0 Å². The minimum atomic E-state index is 0.240. The number of halogens is 1. The number of aliphatic imine (C=N–C) groups is 1. The lowest BCUT2D eigenvalue weighted by molar-refractivity contribution is 0.572. The summed E-state index contributed by atoms with van der Waals surface area (Å²) in [6.07, 6.45) is 4.98. The molecule has 2 N–H and O–H groups in total. The molecule has 5 heteroatoms. The fraction of sp³-hybridized carbons (Fsp3) is 0.588. The fourth-order valence-corrected chi connectivity index (χ4v) is 4.29. The Morgan fingerprint density at radius 2 is 2.32 bits per heavy atom. The predicted octanol–water partition coefficient (Wildman–Crippen LogP) is 3.43. The second kappa shape index (κ2) is 7.14. The van der Waals surface area contributed by atoms with Gasteiger partial charge < -0.3 is 10.6 Å². The number of rotatable bonds is 4. The Morgan fingerprint density at radius 3 is 2.95 bits per heavy atom. The molecule has 0 spiro atoms. The van der Waals surface area contributed by atoms with Crippen LogP contribution in [0.1, 0.15) is 31.2 Å². The molecular weight excluding hydrogens is 314 g/mol. The zero-order valence-corrected chi connectivity index (χ0v) is 14.6. The lowest BCUT2D eigenvalue weighted by atomic mass is 9.96. The van der Waals surface area contributed by atoms with Crippen LogP contribution in [0, 0.1) is 0 Å². The van der Waals surface area contributed by atoms with Crippen LogP contribution in [-0.4, -0.2) is 37.1 Å². The highest BCUT2D eigenvalue weighted by molar-refractivity contribution is 7.99. The maximum absolute atomic E-state index is 6.14. The highest BCUT2D eigenvalue weighted by Crippen LogP contribution is 2.48. The third-order valence-electron chi connectivity index (χ3n) is 4.61. The molecule has 0 radical (unpaired) electrons. The van der Waals surface area contributed by atoms with E-state index < -0.39 is 0 Å². The first kappa shape index (κ1) is 16.0. The quantitative estimate of drug-likeness (QED) is 0.652. The molecule has 120 valence electrons. The second-order valence-electron chi connectivity index (χ2n) is 6.27. The number of nitrogens with zero attached hydrogens (tertiary/aromatic N) is 1. The lowest BCUT2D eigenvalue weighted by Crippen LogP contribution is -2.47. The zero-order chi connectivity index (χ0) is 15.4. The van der Waals surface area contributed by atoms with Crippen molar-refractivity contribution < 1.29 is 0 Å². The van der Waals surface area contributed by atoms with E-state index in [1.807, 2.05) is 30.9 Å². The molecular formula is C17H24ClN3S. The van der Waals surface area contributed by atoms with Crippen LogP contribution < -0.4 is 10.6 Å². The van der Waals surface area contributed by atoms with Gasteiger partial charge in [-0.1, -0.05) is 23.7 Å². The summed E-state index contributed by atoms with van der Waals surface area (Å²) in [6, 6.07) is 8.82. The molecule has 1 aliphatic carbocycles. The van der Waals surface area contributed by atoms with Crippen LogP contribution in [0.25, 0.3) is 0 Å². The summed E-state index contributed by atoms with van der Waals surface area (Å²) < 4.78 is 0. The van der Waals surface area contributed by atoms with Crippen molar-refractivity contribution >= 4 is 29.3 Å². The Morgan fingerprint density at radius 1 is 1.45 bits per heavy atom. The van der Waals surface area contributed by atoms with Crippen LogP contribution in [0.15, 0.2) is 29.3 Å². The Hall–Kier alpha value is -0.870. The van der Waals surface area contributed by atoms with Gasteiger partial charge in [0.1, 0.15) is 0 Å². The van der Waals surface area contributed by atoms with E-state index in [0.29, 0.717) is 6.04 Å². The van der Waals surface area contributed by atoms with Crippen molar-refractivity contribution in [3.63, 3.8) is 0 Å². The van der Waals surface area contributed by atoms with Gasteiger partial charge >= 0.3 is 0 Å². The Balaban J connectivity index is 1.56. The van der Waals surface area contributed by atoms with Gasteiger partial charge in [0.25, 0.3) is 0 Å². The van der Waals surface area contributed by atoms with E-state index in [1.165, 1.54) is 42.8 Å². The predicted molar refractivity (Wildman–Crippen MR) is 97.2 cm³/mol. The molecule has 1 aliphatic heterocycles. The number of thioether (sulfide) groups is 1. The van der Waals surface area contributed by atoms with Crippen LogP contribution in [0.5, 0.6) is 0 Å². The van der Waals surface area contributed by atoms with Gasteiger partial charge in [0, 0.05) is 35.8 Å². The fourth-order valence-electron chi connectivity index (χ4n) is 3.03. The molecule has 1 aromatic rings. The van der Waals surface area contributed by atoms with Crippen LogP contribution >= 0.6 is 23.4 Å². The molecule has 1 saturated carbocycles. The third kappa shape index (κ3) is 3.90. The summed E-state index contributed by atoms with van der Waals surface area (Å²) in [4.78, 5) is 4.38. The van der Waals surface area contributed by atoms with Crippen molar-refractivity contribution in [2.45, 2.75) is 37.1 Å². The second-order valence-corrected chi connectivity index (χ2v) is 7.86. The van der Waals surface area contributed by atoms with Crippen molar-refractivity contribution in [1.29, 1.82) is 0 Å². The topological polar surface area (TPSA) is 36.4 Å². The average molecular weight is 338 g/mol. The Kier molecular flexibility index (Phi) is 5.19. The van der Waals surface area contributed by atoms with Crippen LogP contribution in [-0.2, 0) is 5.41 Å².